The van der Waals surface area contributed by atoms with Gasteiger partial charge in [-0.1, -0.05) is 11.8 Å². The Morgan fingerprint density at radius 3 is 3.04 bits per heavy atom. The number of aromatic nitrogens is 2. The fourth-order valence-electron chi connectivity index (χ4n) is 2.59. The van der Waals surface area contributed by atoms with Gasteiger partial charge in [0.1, 0.15) is 11.6 Å². The summed E-state index contributed by atoms with van der Waals surface area (Å²) in [5.41, 5.74) is 0.475. The van der Waals surface area contributed by atoms with Gasteiger partial charge >= 0.3 is 0 Å². The third-order valence-electron chi connectivity index (χ3n) is 3.69. The molecule has 0 saturated carbocycles. The van der Waals surface area contributed by atoms with Gasteiger partial charge in [-0.2, -0.15) is 5.26 Å². The molecule has 0 fully saturated rings. The molecule has 1 aromatic carbocycles. The Balaban J connectivity index is 1.91. The number of ether oxygens (including phenoxy) is 2. The van der Waals surface area contributed by atoms with Crippen LogP contribution in [0.25, 0.3) is 11.3 Å². The Labute approximate surface area is 135 Å². The monoisotopic (exact) mass is 329 g/mol. The van der Waals surface area contributed by atoms with E-state index < -0.39 is 11.7 Å². The number of rotatable bonds is 1. The van der Waals surface area contributed by atoms with Crippen molar-refractivity contribution in [3.63, 3.8) is 0 Å². The lowest BCUT2D eigenvalue weighted by molar-refractivity contribution is 0.167. The van der Waals surface area contributed by atoms with Gasteiger partial charge < -0.3 is 14.6 Å². The van der Waals surface area contributed by atoms with E-state index in [1.165, 1.54) is 16.3 Å². The highest BCUT2D eigenvalue weighted by atomic mass is 32.2. The van der Waals surface area contributed by atoms with Crippen LogP contribution in [0.5, 0.6) is 11.5 Å². The van der Waals surface area contributed by atoms with Gasteiger partial charge in [0.15, 0.2) is 16.7 Å². The maximum Gasteiger partial charge on any atom is 0.272 e. The van der Waals surface area contributed by atoms with Crippen molar-refractivity contribution in [1.29, 1.82) is 5.26 Å². The van der Waals surface area contributed by atoms with Crippen molar-refractivity contribution in [3.05, 3.63) is 34.1 Å². The molecule has 4 rings (SSSR count). The Kier molecular flexibility index (Phi) is 3.25. The summed E-state index contributed by atoms with van der Waals surface area (Å²) in [5, 5.41) is 19.6. The van der Waals surface area contributed by atoms with E-state index in [0.29, 0.717) is 33.7 Å². The van der Waals surface area contributed by atoms with Crippen LogP contribution in [0.1, 0.15) is 5.56 Å². The first kappa shape index (κ1) is 14.1. The zero-order chi connectivity index (χ0) is 16.0. The van der Waals surface area contributed by atoms with E-state index in [2.05, 4.69) is 4.98 Å². The predicted octanol–water partition coefficient (Wildman–Crippen LogP) is 0.977. The molecule has 0 aliphatic carbocycles. The number of fused-ring (bicyclic) bond motifs is 2. The zero-order valence-electron chi connectivity index (χ0n) is 11.9. The van der Waals surface area contributed by atoms with E-state index in [4.69, 9.17) is 9.47 Å². The van der Waals surface area contributed by atoms with E-state index in [-0.39, 0.29) is 18.9 Å². The normalized spacial score (nSPS) is 18.3. The Bertz CT molecular complexity index is 903. The van der Waals surface area contributed by atoms with Crippen LogP contribution in [0.2, 0.25) is 0 Å². The van der Waals surface area contributed by atoms with Gasteiger partial charge in [0.2, 0.25) is 6.79 Å². The third kappa shape index (κ3) is 2.25. The first-order chi connectivity index (χ1) is 11.2. The smallest absolute Gasteiger partial charge is 0.272 e. The number of hydrogen-bond donors (Lipinski definition) is 1. The second-order valence-electron chi connectivity index (χ2n) is 5.18. The second-order valence-corrected chi connectivity index (χ2v) is 6.17. The van der Waals surface area contributed by atoms with Gasteiger partial charge in [0.25, 0.3) is 5.56 Å². The summed E-state index contributed by atoms with van der Waals surface area (Å²) in [4.78, 5) is 17.0. The molecule has 8 heteroatoms. The van der Waals surface area contributed by atoms with Gasteiger partial charge in [-0.05, 0) is 18.2 Å². The van der Waals surface area contributed by atoms with Crippen LogP contribution in [0.4, 0.5) is 0 Å². The second kappa shape index (κ2) is 5.30. The molecule has 2 aromatic rings. The molecular formula is C15H11N3O4S. The van der Waals surface area contributed by atoms with E-state index in [1.807, 2.05) is 6.07 Å². The van der Waals surface area contributed by atoms with Crippen LogP contribution in [-0.4, -0.2) is 33.3 Å². The zero-order valence-corrected chi connectivity index (χ0v) is 12.7. The van der Waals surface area contributed by atoms with Gasteiger partial charge in [0.05, 0.1) is 18.3 Å². The average molecular weight is 329 g/mol. The molecule has 1 atom stereocenters. The minimum atomic E-state index is -0.616. The molecule has 1 N–H and O–H groups in total. The molecule has 0 amide bonds. The molecule has 0 saturated heterocycles. The number of hydrogen-bond acceptors (Lipinski definition) is 7. The molecule has 0 radical (unpaired) electrons. The summed E-state index contributed by atoms with van der Waals surface area (Å²) >= 11 is 1.30. The van der Waals surface area contributed by atoms with Crippen LogP contribution >= 0.6 is 11.8 Å². The average Bonchev–Trinajstić information content (AvgIpc) is 3.03. The lowest BCUT2D eigenvalue weighted by Crippen LogP contribution is -2.35. The first-order valence-electron chi connectivity index (χ1n) is 6.93. The van der Waals surface area contributed by atoms with Crippen molar-refractivity contribution >= 4 is 11.8 Å². The lowest BCUT2D eigenvalue weighted by atomic mass is 10.1. The Morgan fingerprint density at radius 1 is 1.39 bits per heavy atom. The number of nitriles is 1. The van der Waals surface area contributed by atoms with Crippen LogP contribution < -0.4 is 15.0 Å². The van der Waals surface area contributed by atoms with Crippen molar-refractivity contribution in [3.8, 4) is 28.8 Å². The number of aliphatic hydroxyl groups is 1. The standard InChI is InChI=1S/C15H11N3O4S/c16-4-10-13(8-1-2-11-12(3-8)22-7-21-11)17-15-18(14(10)20)5-9(19)6-23-15/h1-3,9,19H,5-7H2. The number of nitrogens with zero attached hydrogens (tertiary/aromatic N) is 3. The summed E-state index contributed by atoms with van der Waals surface area (Å²) in [7, 11) is 0. The minimum Gasteiger partial charge on any atom is -0.454 e. The molecule has 1 unspecified atom stereocenters. The molecule has 3 heterocycles. The SMILES string of the molecule is N#Cc1c(-c2ccc3c(c2)OCO3)nc2n(c1=O)CC(O)CS2. The molecule has 0 bridgehead atoms. The topological polar surface area (TPSA) is 97.4 Å². The van der Waals surface area contributed by atoms with Crippen LogP contribution in [0, 0.1) is 11.3 Å². The molecule has 23 heavy (non-hydrogen) atoms. The first-order valence-corrected chi connectivity index (χ1v) is 7.92. The predicted molar refractivity (Wildman–Crippen MR) is 81.5 cm³/mol. The van der Waals surface area contributed by atoms with Crippen molar-refractivity contribution in [1.82, 2.24) is 9.55 Å². The van der Waals surface area contributed by atoms with Crippen LogP contribution in [0.15, 0.2) is 28.2 Å². The van der Waals surface area contributed by atoms with E-state index in [1.54, 1.807) is 18.2 Å². The fourth-order valence-corrected chi connectivity index (χ4v) is 3.51. The lowest BCUT2D eigenvalue weighted by Gasteiger charge is -2.22. The summed E-state index contributed by atoms with van der Waals surface area (Å²) < 4.78 is 12.0. The summed E-state index contributed by atoms with van der Waals surface area (Å²) in [6, 6.07) is 7.13. The maximum absolute atomic E-state index is 12.5. The van der Waals surface area contributed by atoms with Gasteiger partial charge in [-0.25, -0.2) is 4.98 Å². The highest BCUT2D eigenvalue weighted by Crippen LogP contribution is 2.36. The maximum atomic E-state index is 12.5. The molecule has 0 spiro atoms. The van der Waals surface area contributed by atoms with E-state index >= 15 is 0 Å². The minimum absolute atomic E-state index is 0.0395. The summed E-state index contributed by atoms with van der Waals surface area (Å²) in [6.45, 7) is 0.308. The van der Waals surface area contributed by atoms with Crippen molar-refractivity contribution in [2.24, 2.45) is 0 Å². The largest absolute Gasteiger partial charge is 0.454 e. The van der Waals surface area contributed by atoms with Crippen molar-refractivity contribution in [2.45, 2.75) is 17.8 Å². The number of benzene rings is 1. The summed E-state index contributed by atoms with van der Waals surface area (Å²) in [5.74, 6) is 1.66. The molecule has 2 aliphatic heterocycles. The molecule has 1 aromatic heterocycles. The van der Waals surface area contributed by atoms with Gasteiger partial charge in [-0.15, -0.1) is 0 Å². The highest BCUT2D eigenvalue weighted by molar-refractivity contribution is 7.99. The Hall–Kier alpha value is -2.50. The van der Waals surface area contributed by atoms with Crippen LogP contribution in [0.3, 0.4) is 0 Å². The fraction of sp³-hybridized carbons (Fsp3) is 0.267. The molecule has 2 aliphatic rings. The van der Waals surface area contributed by atoms with Gasteiger partial charge in [0, 0.05) is 11.3 Å². The quantitative estimate of drug-likeness (QED) is 0.779. The highest BCUT2D eigenvalue weighted by Gasteiger charge is 2.25. The van der Waals surface area contributed by atoms with Gasteiger partial charge in [-0.3, -0.25) is 9.36 Å². The van der Waals surface area contributed by atoms with Crippen LogP contribution in [-0.2, 0) is 6.54 Å². The van der Waals surface area contributed by atoms with Crippen molar-refractivity contribution in [2.75, 3.05) is 12.5 Å². The Morgan fingerprint density at radius 2 is 2.22 bits per heavy atom. The number of aliphatic hydroxyl groups excluding tert-OH is 1. The van der Waals surface area contributed by atoms with E-state index in [9.17, 15) is 15.2 Å². The third-order valence-corrected chi connectivity index (χ3v) is 4.81. The molecular weight excluding hydrogens is 318 g/mol. The number of thioether (sulfide) groups is 1. The van der Waals surface area contributed by atoms with E-state index in [0.717, 1.165) is 0 Å². The molecule has 116 valence electrons. The summed E-state index contributed by atoms with van der Waals surface area (Å²) in [6.07, 6.45) is -0.616. The molecule has 7 nitrogen and oxygen atoms in total. The van der Waals surface area contributed by atoms with Crippen molar-refractivity contribution < 1.29 is 14.6 Å².